The number of esters is 1. The average molecular weight is 356 g/mol. The largest absolute Gasteiger partial charge is 0.491 e. The molecule has 3 N–H and O–H groups in total. The van der Waals surface area contributed by atoms with Crippen LogP contribution in [0.2, 0.25) is 0 Å². The first kappa shape index (κ1) is 19.3. The Morgan fingerprint density at radius 2 is 1.62 bits per heavy atom. The number of carbonyl (C=O) groups excluding carboxylic acids is 2. The molecule has 1 amide bonds. The van der Waals surface area contributed by atoms with Crippen LogP contribution >= 0.6 is 0 Å². The van der Waals surface area contributed by atoms with E-state index < -0.39 is 0 Å². The molecule has 0 saturated carbocycles. The van der Waals surface area contributed by atoms with Gasteiger partial charge in [-0.3, -0.25) is 4.79 Å². The van der Waals surface area contributed by atoms with Gasteiger partial charge in [-0.2, -0.15) is 0 Å². The van der Waals surface area contributed by atoms with Crippen LogP contribution < -0.4 is 15.8 Å². The monoisotopic (exact) mass is 356 g/mol. The summed E-state index contributed by atoms with van der Waals surface area (Å²) in [5, 5.41) is 2.77. The molecular formula is C20H24N2O4. The van der Waals surface area contributed by atoms with Gasteiger partial charge in [-0.25, -0.2) is 4.79 Å². The van der Waals surface area contributed by atoms with Gasteiger partial charge in [0.1, 0.15) is 5.75 Å². The third-order valence-electron chi connectivity index (χ3n) is 3.55. The number of nitrogens with two attached hydrogens (primary N) is 1. The summed E-state index contributed by atoms with van der Waals surface area (Å²) in [5.74, 6) is -0.0986. The molecule has 138 valence electrons. The number of nitrogen functional groups attached to an aromatic ring is 1. The van der Waals surface area contributed by atoms with Gasteiger partial charge in [0.2, 0.25) is 0 Å². The Kier molecular flexibility index (Phi) is 7.02. The molecule has 2 aromatic rings. The smallest absolute Gasteiger partial charge is 0.338 e. The molecule has 0 bridgehead atoms. The van der Waals surface area contributed by atoms with E-state index in [9.17, 15) is 9.59 Å². The van der Waals surface area contributed by atoms with Gasteiger partial charge < -0.3 is 20.5 Å². The topological polar surface area (TPSA) is 90.6 Å². The molecule has 0 atom stereocenters. The maximum atomic E-state index is 12.4. The van der Waals surface area contributed by atoms with E-state index in [1.807, 2.05) is 13.8 Å². The Morgan fingerprint density at radius 3 is 2.23 bits per heavy atom. The first-order valence-electron chi connectivity index (χ1n) is 8.66. The minimum Gasteiger partial charge on any atom is -0.491 e. The van der Waals surface area contributed by atoms with Gasteiger partial charge in [0, 0.05) is 11.3 Å². The molecular weight excluding hydrogens is 332 g/mol. The van der Waals surface area contributed by atoms with E-state index in [2.05, 4.69) is 5.32 Å². The Labute approximate surface area is 153 Å². The molecule has 2 rings (SSSR count). The molecule has 0 aromatic heterocycles. The number of amides is 1. The zero-order valence-corrected chi connectivity index (χ0v) is 15.1. The second-order valence-corrected chi connectivity index (χ2v) is 5.77. The normalized spacial score (nSPS) is 10.2. The third-order valence-corrected chi connectivity index (χ3v) is 3.55. The molecule has 0 aliphatic rings. The highest BCUT2D eigenvalue weighted by molar-refractivity contribution is 6.05. The van der Waals surface area contributed by atoms with Gasteiger partial charge in [0.15, 0.2) is 0 Å². The highest BCUT2D eigenvalue weighted by Crippen LogP contribution is 2.23. The van der Waals surface area contributed by atoms with E-state index in [4.69, 9.17) is 15.2 Å². The number of ether oxygens (including phenoxy) is 2. The first-order chi connectivity index (χ1) is 12.5. The number of anilines is 2. The minimum atomic E-state index is -0.375. The van der Waals surface area contributed by atoms with Crippen molar-refractivity contribution in [2.75, 3.05) is 24.3 Å². The second-order valence-electron chi connectivity index (χ2n) is 5.77. The van der Waals surface area contributed by atoms with Crippen molar-refractivity contribution >= 4 is 23.3 Å². The summed E-state index contributed by atoms with van der Waals surface area (Å²) in [6, 6.07) is 11.5. The van der Waals surface area contributed by atoms with Crippen LogP contribution in [0, 0.1) is 0 Å². The summed E-state index contributed by atoms with van der Waals surface area (Å²) in [6.07, 6.45) is 1.65. The van der Waals surface area contributed by atoms with Crippen molar-refractivity contribution in [3.05, 3.63) is 53.6 Å². The van der Waals surface area contributed by atoms with Crippen LogP contribution in [0.3, 0.4) is 0 Å². The number of benzene rings is 2. The number of hydrogen-bond acceptors (Lipinski definition) is 5. The molecule has 0 aliphatic heterocycles. The lowest BCUT2D eigenvalue weighted by atomic mass is 10.1. The Balaban J connectivity index is 2.01. The maximum Gasteiger partial charge on any atom is 0.338 e. The predicted molar refractivity (Wildman–Crippen MR) is 102 cm³/mol. The maximum absolute atomic E-state index is 12.4. The summed E-state index contributed by atoms with van der Waals surface area (Å²) in [4.78, 5) is 24.1. The summed E-state index contributed by atoms with van der Waals surface area (Å²) < 4.78 is 10.6. The Hall–Kier alpha value is -3.02. The van der Waals surface area contributed by atoms with Gasteiger partial charge in [0.25, 0.3) is 5.91 Å². The first-order valence-corrected chi connectivity index (χ1v) is 8.66. The molecule has 26 heavy (non-hydrogen) atoms. The van der Waals surface area contributed by atoms with Crippen molar-refractivity contribution in [1.29, 1.82) is 0 Å². The van der Waals surface area contributed by atoms with Crippen molar-refractivity contribution < 1.29 is 19.1 Å². The SMILES string of the molecule is CCCOC(=O)c1ccc(NC(=O)c2ccc(OCCC)c(N)c2)cc1. The van der Waals surface area contributed by atoms with Crippen molar-refractivity contribution in [3.63, 3.8) is 0 Å². The molecule has 0 unspecified atom stereocenters. The van der Waals surface area contributed by atoms with Gasteiger partial charge >= 0.3 is 5.97 Å². The molecule has 0 saturated heterocycles. The fourth-order valence-electron chi connectivity index (χ4n) is 2.20. The van der Waals surface area contributed by atoms with Crippen molar-refractivity contribution in [2.45, 2.75) is 26.7 Å². The standard InChI is InChI=1S/C20H24N2O4/c1-3-11-25-18-10-7-15(13-17(18)21)19(23)22-16-8-5-14(6-9-16)20(24)26-12-4-2/h5-10,13H,3-4,11-12,21H2,1-2H3,(H,22,23). The minimum absolute atomic E-state index is 0.292. The lowest BCUT2D eigenvalue weighted by molar-refractivity contribution is 0.0505. The van der Waals surface area contributed by atoms with Crippen LogP contribution in [0.5, 0.6) is 5.75 Å². The quantitative estimate of drug-likeness (QED) is 0.553. The molecule has 0 aliphatic carbocycles. The highest BCUT2D eigenvalue weighted by Gasteiger charge is 2.11. The summed E-state index contributed by atoms with van der Waals surface area (Å²) in [6.45, 7) is 4.90. The summed E-state index contributed by atoms with van der Waals surface area (Å²) in [7, 11) is 0. The number of carbonyl (C=O) groups is 2. The summed E-state index contributed by atoms with van der Waals surface area (Å²) >= 11 is 0. The second kappa shape index (κ2) is 9.46. The van der Waals surface area contributed by atoms with Crippen LogP contribution in [0.4, 0.5) is 11.4 Å². The molecule has 0 heterocycles. The van der Waals surface area contributed by atoms with Gasteiger partial charge in [-0.05, 0) is 55.3 Å². The van der Waals surface area contributed by atoms with E-state index in [0.29, 0.717) is 41.5 Å². The highest BCUT2D eigenvalue weighted by atomic mass is 16.5. The van der Waals surface area contributed by atoms with E-state index >= 15 is 0 Å². The summed E-state index contributed by atoms with van der Waals surface area (Å²) in [5.41, 5.74) is 7.79. The molecule has 0 radical (unpaired) electrons. The van der Waals surface area contributed by atoms with Gasteiger partial charge in [-0.15, -0.1) is 0 Å². The van der Waals surface area contributed by atoms with Gasteiger partial charge in [-0.1, -0.05) is 13.8 Å². The van der Waals surface area contributed by atoms with E-state index in [0.717, 1.165) is 12.8 Å². The lowest BCUT2D eigenvalue weighted by Crippen LogP contribution is -2.13. The van der Waals surface area contributed by atoms with E-state index in [1.165, 1.54) is 0 Å². The number of rotatable bonds is 8. The number of hydrogen-bond donors (Lipinski definition) is 2. The van der Waals surface area contributed by atoms with Crippen molar-refractivity contribution in [2.24, 2.45) is 0 Å². The zero-order valence-electron chi connectivity index (χ0n) is 15.1. The van der Waals surface area contributed by atoms with Crippen LogP contribution in [-0.2, 0) is 4.74 Å². The molecule has 2 aromatic carbocycles. The van der Waals surface area contributed by atoms with Crippen molar-refractivity contribution in [1.82, 2.24) is 0 Å². The van der Waals surface area contributed by atoms with Crippen LogP contribution in [-0.4, -0.2) is 25.1 Å². The van der Waals surface area contributed by atoms with Gasteiger partial charge in [0.05, 0.1) is 24.5 Å². The predicted octanol–water partition coefficient (Wildman–Crippen LogP) is 3.88. The molecule has 6 heteroatoms. The number of nitrogens with one attached hydrogen (secondary N) is 1. The van der Waals surface area contributed by atoms with E-state index in [-0.39, 0.29) is 11.9 Å². The Bertz CT molecular complexity index is 757. The Morgan fingerprint density at radius 1 is 0.962 bits per heavy atom. The molecule has 0 fully saturated rings. The third kappa shape index (κ3) is 5.24. The molecule has 6 nitrogen and oxygen atoms in total. The van der Waals surface area contributed by atoms with Crippen LogP contribution in [0.15, 0.2) is 42.5 Å². The fraction of sp³-hybridized carbons (Fsp3) is 0.300. The zero-order chi connectivity index (χ0) is 18.9. The molecule has 0 spiro atoms. The van der Waals surface area contributed by atoms with Crippen LogP contribution in [0.25, 0.3) is 0 Å². The lowest BCUT2D eigenvalue weighted by Gasteiger charge is -2.10. The van der Waals surface area contributed by atoms with Crippen LogP contribution in [0.1, 0.15) is 47.4 Å². The fourth-order valence-corrected chi connectivity index (χ4v) is 2.20. The van der Waals surface area contributed by atoms with E-state index in [1.54, 1.807) is 42.5 Å². The van der Waals surface area contributed by atoms with Crippen molar-refractivity contribution in [3.8, 4) is 5.75 Å². The average Bonchev–Trinajstić information content (AvgIpc) is 2.65.